The molecule has 0 aliphatic carbocycles. The summed E-state index contributed by atoms with van der Waals surface area (Å²) < 4.78 is 12.6. The zero-order valence-electron chi connectivity index (χ0n) is 6.79. The highest BCUT2D eigenvalue weighted by atomic mass is 19.1. The number of amidine groups is 1. The highest BCUT2D eigenvalue weighted by molar-refractivity contribution is 5.88. The average Bonchev–Trinajstić information content (AvgIpc) is 2.03. The standard InChI is InChI=1S/C8H9FN4/c9-6-3-7(5-12-4-6)13-2-1-8(10)11/h1-5,13H,(H3,10,11)/b2-1-. The van der Waals surface area contributed by atoms with Gasteiger partial charge in [0.05, 0.1) is 18.1 Å². The Kier molecular flexibility index (Phi) is 2.97. The van der Waals surface area contributed by atoms with Gasteiger partial charge in [0.2, 0.25) is 0 Å². The molecule has 1 aromatic rings. The lowest BCUT2D eigenvalue weighted by Crippen LogP contribution is -2.05. The van der Waals surface area contributed by atoms with E-state index in [1.165, 1.54) is 24.5 Å². The SMILES string of the molecule is N=C(N)/C=C\Nc1cncc(F)c1. The molecular formula is C8H9FN4. The minimum Gasteiger partial charge on any atom is -0.384 e. The fraction of sp³-hybridized carbons (Fsp3) is 0. The number of anilines is 1. The van der Waals surface area contributed by atoms with E-state index in [9.17, 15) is 4.39 Å². The van der Waals surface area contributed by atoms with Crippen molar-refractivity contribution in [1.29, 1.82) is 5.41 Å². The largest absolute Gasteiger partial charge is 0.384 e. The van der Waals surface area contributed by atoms with E-state index in [4.69, 9.17) is 11.1 Å². The van der Waals surface area contributed by atoms with Crippen LogP contribution in [-0.4, -0.2) is 10.8 Å². The maximum Gasteiger partial charge on any atom is 0.143 e. The maximum atomic E-state index is 12.6. The van der Waals surface area contributed by atoms with Crippen molar-refractivity contribution < 1.29 is 4.39 Å². The van der Waals surface area contributed by atoms with Crippen molar-refractivity contribution in [3.8, 4) is 0 Å². The molecule has 1 aromatic heterocycles. The Hall–Kier alpha value is -1.91. The molecule has 0 saturated carbocycles. The van der Waals surface area contributed by atoms with Gasteiger partial charge in [0.15, 0.2) is 0 Å². The van der Waals surface area contributed by atoms with Gasteiger partial charge >= 0.3 is 0 Å². The van der Waals surface area contributed by atoms with Crippen LogP contribution in [0.3, 0.4) is 0 Å². The minimum absolute atomic E-state index is 0.0723. The third-order valence-electron chi connectivity index (χ3n) is 1.22. The second-order valence-corrected chi connectivity index (χ2v) is 2.32. The molecule has 0 fully saturated rings. The monoisotopic (exact) mass is 180 g/mol. The van der Waals surface area contributed by atoms with Gasteiger partial charge in [-0.05, 0) is 6.08 Å². The van der Waals surface area contributed by atoms with Crippen molar-refractivity contribution in [3.63, 3.8) is 0 Å². The summed E-state index contributed by atoms with van der Waals surface area (Å²) >= 11 is 0. The summed E-state index contributed by atoms with van der Waals surface area (Å²) in [6.07, 6.45) is 5.37. The van der Waals surface area contributed by atoms with Crippen LogP contribution in [-0.2, 0) is 0 Å². The van der Waals surface area contributed by atoms with Gasteiger partial charge in [-0.15, -0.1) is 0 Å². The third-order valence-corrected chi connectivity index (χ3v) is 1.22. The number of halogens is 1. The van der Waals surface area contributed by atoms with Gasteiger partial charge in [0.1, 0.15) is 11.7 Å². The Morgan fingerprint density at radius 1 is 1.62 bits per heavy atom. The number of rotatable bonds is 3. The number of aromatic nitrogens is 1. The summed E-state index contributed by atoms with van der Waals surface area (Å²) in [6, 6.07) is 1.29. The maximum absolute atomic E-state index is 12.6. The topological polar surface area (TPSA) is 74.8 Å². The molecule has 0 amide bonds. The quantitative estimate of drug-likeness (QED) is 0.481. The first-order valence-electron chi connectivity index (χ1n) is 3.56. The van der Waals surface area contributed by atoms with Crippen LogP contribution in [0.5, 0.6) is 0 Å². The summed E-state index contributed by atoms with van der Waals surface area (Å²) in [5.41, 5.74) is 5.56. The zero-order chi connectivity index (χ0) is 9.68. The minimum atomic E-state index is -0.416. The normalized spacial score (nSPS) is 10.2. The second kappa shape index (κ2) is 4.20. The molecule has 4 nitrogen and oxygen atoms in total. The summed E-state index contributed by atoms with van der Waals surface area (Å²) in [7, 11) is 0. The molecule has 0 atom stereocenters. The number of nitrogens with one attached hydrogen (secondary N) is 2. The van der Waals surface area contributed by atoms with Crippen LogP contribution < -0.4 is 11.1 Å². The molecule has 0 spiro atoms. The Morgan fingerprint density at radius 2 is 2.38 bits per heavy atom. The summed E-state index contributed by atoms with van der Waals surface area (Å²) in [5, 5.41) is 9.58. The third kappa shape index (κ3) is 3.33. The lowest BCUT2D eigenvalue weighted by Gasteiger charge is -1.98. The van der Waals surface area contributed by atoms with Crippen molar-refractivity contribution in [3.05, 3.63) is 36.6 Å². The first-order valence-corrected chi connectivity index (χ1v) is 3.56. The molecule has 5 heteroatoms. The van der Waals surface area contributed by atoms with E-state index in [1.54, 1.807) is 0 Å². The molecule has 0 bridgehead atoms. The van der Waals surface area contributed by atoms with Crippen molar-refractivity contribution >= 4 is 11.5 Å². The number of hydrogen-bond acceptors (Lipinski definition) is 3. The zero-order valence-corrected chi connectivity index (χ0v) is 6.79. The number of hydrogen-bond donors (Lipinski definition) is 3. The predicted octanol–water partition coefficient (Wildman–Crippen LogP) is 1.08. The van der Waals surface area contributed by atoms with E-state index in [2.05, 4.69) is 10.3 Å². The van der Waals surface area contributed by atoms with Gasteiger partial charge < -0.3 is 11.1 Å². The molecule has 0 saturated heterocycles. The van der Waals surface area contributed by atoms with Crippen LogP contribution in [0, 0.1) is 11.2 Å². The molecule has 0 aliphatic heterocycles. The van der Waals surface area contributed by atoms with E-state index in [-0.39, 0.29) is 5.84 Å². The van der Waals surface area contributed by atoms with Gasteiger partial charge in [0, 0.05) is 12.3 Å². The fourth-order valence-corrected chi connectivity index (χ4v) is 0.718. The first kappa shape index (κ1) is 9.18. The fourth-order valence-electron chi connectivity index (χ4n) is 0.718. The molecule has 1 heterocycles. The molecule has 4 N–H and O–H groups in total. The molecule has 0 aliphatic rings. The van der Waals surface area contributed by atoms with Crippen molar-refractivity contribution in [1.82, 2.24) is 4.98 Å². The van der Waals surface area contributed by atoms with E-state index in [0.29, 0.717) is 5.69 Å². The molecular weight excluding hydrogens is 171 g/mol. The van der Waals surface area contributed by atoms with Crippen molar-refractivity contribution in [2.75, 3.05) is 5.32 Å². The van der Waals surface area contributed by atoms with E-state index in [1.807, 2.05) is 0 Å². The molecule has 0 unspecified atom stereocenters. The van der Waals surface area contributed by atoms with E-state index >= 15 is 0 Å². The first-order chi connectivity index (χ1) is 6.18. The van der Waals surface area contributed by atoms with Gasteiger partial charge in [-0.3, -0.25) is 10.4 Å². The van der Waals surface area contributed by atoms with Gasteiger partial charge in [0.25, 0.3) is 0 Å². The molecule has 68 valence electrons. The Bertz CT molecular complexity index is 335. The lowest BCUT2D eigenvalue weighted by molar-refractivity contribution is 0.622. The summed E-state index contributed by atoms with van der Waals surface area (Å²) in [6.45, 7) is 0. The Morgan fingerprint density at radius 3 is 3.00 bits per heavy atom. The Balaban J connectivity index is 2.59. The number of nitrogens with zero attached hydrogens (tertiary/aromatic N) is 1. The molecule has 0 aromatic carbocycles. The van der Waals surface area contributed by atoms with Gasteiger partial charge in [-0.2, -0.15) is 0 Å². The molecule has 0 radical (unpaired) electrons. The van der Waals surface area contributed by atoms with Crippen LogP contribution >= 0.6 is 0 Å². The summed E-state index contributed by atoms with van der Waals surface area (Å²) in [4.78, 5) is 3.63. The van der Waals surface area contributed by atoms with Gasteiger partial charge in [-0.1, -0.05) is 0 Å². The van der Waals surface area contributed by atoms with E-state index < -0.39 is 5.82 Å². The highest BCUT2D eigenvalue weighted by Gasteiger charge is 1.91. The summed E-state index contributed by atoms with van der Waals surface area (Å²) in [5.74, 6) is -0.488. The molecule has 13 heavy (non-hydrogen) atoms. The second-order valence-electron chi connectivity index (χ2n) is 2.32. The number of nitrogens with two attached hydrogens (primary N) is 1. The van der Waals surface area contributed by atoms with Crippen molar-refractivity contribution in [2.24, 2.45) is 5.73 Å². The average molecular weight is 180 g/mol. The lowest BCUT2D eigenvalue weighted by atomic mass is 10.4. The van der Waals surface area contributed by atoms with Crippen LogP contribution in [0.4, 0.5) is 10.1 Å². The van der Waals surface area contributed by atoms with Crippen LogP contribution in [0.2, 0.25) is 0 Å². The van der Waals surface area contributed by atoms with Crippen LogP contribution in [0.15, 0.2) is 30.7 Å². The van der Waals surface area contributed by atoms with Crippen LogP contribution in [0.1, 0.15) is 0 Å². The highest BCUT2D eigenvalue weighted by Crippen LogP contribution is 2.05. The predicted molar refractivity (Wildman–Crippen MR) is 48.9 cm³/mol. The van der Waals surface area contributed by atoms with Gasteiger partial charge in [-0.25, -0.2) is 4.39 Å². The van der Waals surface area contributed by atoms with Crippen molar-refractivity contribution in [2.45, 2.75) is 0 Å². The van der Waals surface area contributed by atoms with E-state index in [0.717, 1.165) is 6.20 Å². The Labute approximate surface area is 74.8 Å². The van der Waals surface area contributed by atoms with Crippen LogP contribution in [0.25, 0.3) is 0 Å². The molecule has 1 rings (SSSR count). The number of pyridine rings is 1. The smallest absolute Gasteiger partial charge is 0.143 e.